The van der Waals surface area contributed by atoms with E-state index in [0.29, 0.717) is 27.7 Å². The van der Waals surface area contributed by atoms with Gasteiger partial charge in [0, 0.05) is 22.3 Å². The molecule has 0 radical (unpaired) electrons. The lowest BCUT2D eigenvalue weighted by Gasteiger charge is -2.10. The van der Waals surface area contributed by atoms with E-state index in [9.17, 15) is 9.59 Å². The molecule has 1 heterocycles. The summed E-state index contributed by atoms with van der Waals surface area (Å²) >= 11 is 5.81. The van der Waals surface area contributed by atoms with Crippen LogP contribution in [0.2, 0.25) is 5.02 Å². The minimum atomic E-state index is -0.332. The normalized spacial score (nSPS) is 10.4. The van der Waals surface area contributed by atoms with Crippen molar-refractivity contribution in [3.8, 4) is 17.0 Å². The maximum atomic E-state index is 12.3. The molecule has 0 aliphatic heterocycles. The van der Waals surface area contributed by atoms with Crippen LogP contribution < -0.4 is 15.6 Å². The first-order chi connectivity index (χ1) is 12.6. The molecule has 1 N–H and O–H groups in total. The van der Waals surface area contributed by atoms with E-state index in [1.807, 2.05) is 18.2 Å². The number of para-hydroxylation sites is 1. The topological polar surface area (TPSA) is 73.2 Å². The number of carbonyl (C=O) groups excluding carboxylic acids is 1. The Morgan fingerprint density at radius 1 is 1.19 bits per heavy atom. The van der Waals surface area contributed by atoms with E-state index in [0.717, 1.165) is 0 Å². The van der Waals surface area contributed by atoms with Crippen LogP contribution in [-0.2, 0) is 11.3 Å². The monoisotopic (exact) mass is 369 g/mol. The van der Waals surface area contributed by atoms with Crippen molar-refractivity contribution in [2.24, 2.45) is 0 Å². The molecular weight excluding hydrogens is 354 g/mol. The zero-order valence-corrected chi connectivity index (χ0v) is 14.7. The lowest BCUT2D eigenvalue weighted by Crippen LogP contribution is -2.27. The van der Waals surface area contributed by atoms with Crippen LogP contribution in [0.4, 0.5) is 5.69 Å². The molecule has 2 aromatic carbocycles. The number of aromatic nitrogens is 2. The van der Waals surface area contributed by atoms with Crippen LogP contribution in [0.5, 0.6) is 5.75 Å². The fourth-order valence-electron chi connectivity index (χ4n) is 2.44. The summed E-state index contributed by atoms with van der Waals surface area (Å²) in [6.45, 7) is -0.138. The van der Waals surface area contributed by atoms with E-state index in [1.54, 1.807) is 37.4 Å². The highest BCUT2D eigenvalue weighted by Crippen LogP contribution is 2.26. The fourth-order valence-corrected chi connectivity index (χ4v) is 2.56. The highest BCUT2D eigenvalue weighted by atomic mass is 35.5. The van der Waals surface area contributed by atoms with Gasteiger partial charge in [0.15, 0.2) is 0 Å². The molecule has 0 unspecified atom stereocenters. The second-order valence-corrected chi connectivity index (χ2v) is 5.93. The highest BCUT2D eigenvalue weighted by Gasteiger charge is 2.10. The Morgan fingerprint density at radius 3 is 2.62 bits per heavy atom. The van der Waals surface area contributed by atoms with Crippen molar-refractivity contribution in [1.29, 1.82) is 0 Å². The molecule has 26 heavy (non-hydrogen) atoms. The third-order valence-corrected chi connectivity index (χ3v) is 3.96. The van der Waals surface area contributed by atoms with Gasteiger partial charge in [-0.15, -0.1) is 0 Å². The molecule has 3 rings (SSSR count). The van der Waals surface area contributed by atoms with E-state index in [2.05, 4.69) is 10.3 Å². The second-order valence-electron chi connectivity index (χ2n) is 5.50. The minimum Gasteiger partial charge on any atom is -0.496 e. The van der Waals surface area contributed by atoms with Gasteiger partial charge in [-0.05, 0) is 36.4 Å². The van der Waals surface area contributed by atoms with Gasteiger partial charge in [0.1, 0.15) is 12.3 Å². The number of nitrogens with zero attached hydrogens (tertiary/aromatic N) is 2. The van der Waals surface area contributed by atoms with Gasteiger partial charge >= 0.3 is 0 Å². The van der Waals surface area contributed by atoms with Gasteiger partial charge in [0.2, 0.25) is 5.91 Å². The van der Waals surface area contributed by atoms with E-state index in [1.165, 1.54) is 17.0 Å². The van der Waals surface area contributed by atoms with Crippen LogP contribution in [0.15, 0.2) is 65.7 Å². The second kappa shape index (κ2) is 7.84. The molecule has 0 spiro atoms. The Labute approximate surface area is 155 Å². The lowest BCUT2D eigenvalue weighted by molar-refractivity contribution is -0.116. The predicted octanol–water partition coefficient (Wildman–Crippen LogP) is 3.21. The first-order valence-electron chi connectivity index (χ1n) is 7.82. The number of carbonyl (C=O) groups is 1. The molecule has 0 bridgehead atoms. The van der Waals surface area contributed by atoms with Gasteiger partial charge in [-0.1, -0.05) is 23.7 Å². The number of halogens is 1. The molecule has 3 aromatic rings. The summed E-state index contributed by atoms with van der Waals surface area (Å²) in [5.74, 6) is 0.291. The molecule has 1 aromatic heterocycles. The first-order valence-corrected chi connectivity index (χ1v) is 8.20. The van der Waals surface area contributed by atoms with Gasteiger partial charge in [-0.3, -0.25) is 14.2 Å². The molecule has 1 amide bonds. The number of ether oxygens (including phenoxy) is 1. The van der Waals surface area contributed by atoms with Crippen LogP contribution in [0.1, 0.15) is 0 Å². The van der Waals surface area contributed by atoms with Crippen molar-refractivity contribution in [1.82, 2.24) is 9.55 Å². The average Bonchev–Trinajstić information content (AvgIpc) is 2.65. The molecule has 0 saturated carbocycles. The van der Waals surface area contributed by atoms with Gasteiger partial charge < -0.3 is 10.1 Å². The standard InChI is InChI=1S/C19H16ClN3O3/c1-26-17-5-3-2-4-15(17)16-10-19(25)23(12-21-16)11-18(24)22-14-8-6-13(20)7-9-14/h2-10,12H,11H2,1H3,(H,22,24). The molecule has 0 fully saturated rings. The van der Waals surface area contributed by atoms with E-state index >= 15 is 0 Å². The number of anilines is 1. The third-order valence-electron chi connectivity index (χ3n) is 3.70. The van der Waals surface area contributed by atoms with E-state index < -0.39 is 0 Å². The minimum absolute atomic E-state index is 0.138. The molecule has 0 aliphatic rings. The Kier molecular flexibility index (Phi) is 5.34. The van der Waals surface area contributed by atoms with Gasteiger partial charge in [-0.25, -0.2) is 4.98 Å². The fraction of sp³-hybridized carbons (Fsp3) is 0.105. The van der Waals surface area contributed by atoms with Crippen molar-refractivity contribution >= 4 is 23.2 Å². The quantitative estimate of drug-likeness (QED) is 0.749. The first kappa shape index (κ1) is 17.7. The number of amides is 1. The maximum absolute atomic E-state index is 12.3. The van der Waals surface area contributed by atoms with Crippen molar-refractivity contribution in [3.63, 3.8) is 0 Å². The number of nitrogens with one attached hydrogen (secondary N) is 1. The predicted molar refractivity (Wildman–Crippen MR) is 101 cm³/mol. The molecule has 0 saturated heterocycles. The summed E-state index contributed by atoms with van der Waals surface area (Å²) in [5, 5.41) is 3.28. The number of methoxy groups -OCH3 is 1. The summed E-state index contributed by atoms with van der Waals surface area (Å²) in [4.78, 5) is 28.7. The molecule has 0 atom stereocenters. The highest BCUT2D eigenvalue weighted by molar-refractivity contribution is 6.30. The van der Waals surface area contributed by atoms with Crippen LogP contribution in [0.3, 0.4) is 0 Å². The molecule has 0 aliphatic carbocycles. The van der Waals surface area contributed by atoms with E-state index in [-0.39, 0.29) is 18.0 Å². The zero-order valence-electron chi connectivity index (χ0n) is 14.0. The van der Waals surface area contributed by atoms with Gasteiger partial charge in [0.05, 0.1) is 19.1 Å². The molecule has 132 valence electrons. The molecule has 6 nitrogen and oxygen atoms in total. The SMILES string of the molecule is COc1ccccc1-c1cc(=O)n(CC(=O)Nc2ccc(Cl)cc2)cn1. The molecule has 7 heteroatoms. The van der Waals surface area contributed by atoms with Gasteiger partial charge in [0.25, 0.3) is 5.56 Å². The van der Waals surface area contributed by atoms with E-state index in [4.69, 9.17) is 16.3 Å². The van der Waals surface area contributed by atoms with Crippen LogP contribution >= 0.6 is 11.6 Å². The summed E-state index contributed by atoms with van der Waals surface area (Å²) in [5.41, 5.74) is 1.48. The smallest absolute Gasteiger partial charge is 0.254 e. The lowest BCUT2D eigenvalue weighted by atomic mass is 10.1. The zero-order chi connectivity index (χ0) is 18.5. The Balaban J connectivity index is 1.76. The summed E-state index contributed by atoms with van der Waals surface area (Å²) in [7, 11) is 1.56. The van der Waals surface area contributed by atoms with Crippen molar-refractivity contribution in [2.75, 3.05) is 12.4 Å². The van der Waals surface area contributed by atoms with Crippen molar-refractivity contribution < 1.29 is 9.53 Å². The number of rotatable bonds is 5. The Hall–Kier alpha value is -3.12. The third kappa shape index (κ3) is 4.10. The summed E-state index contributed by atoms with van der Waals surface area (Å²) in [6, 6.07) is 15.4. The summed E-state index contributed by atoms with van der Waals surface area (Å²) < 4.78 is 6.53. The molecular formula is C19H16ClN3O3. The van der Waals surface area contributed by atoms with Gasteiger partial charge in [-0.2, -0.15) is 0 Å². The summed E-state index contributed by atoms with van der Waals surface area (Å²) in [6.07, 6.45) is 1.35. The Bertz CT molecular complexity index is 984. The van der Waals surface area contributed by atoms with Crippen molar-refractivity contribution in [3.05, 3.63) is 76.3 Å². The Morgan fingerprint density at radius 2 is 1.92 bits per heavy atom. The maximum Gasteiger partial charge on any atom is 0.254 e. The largest absolute Gasteiger partial charge is 0.496 e. The van der Waals surface area contributed by atoms with Crippen molar-refractivity contribution in [2.45, 2.75) is 6.54 Å². The van der Waals surface area contributed by atoms with Crippen LogP contribution in [0.25, 0.3) is 11.3 Å². The average molecular weight is 370 g/mol. The number of hydrogen-bond acceptors (Lipinski definition) is 4. The van der Waals surface area contributed by atoms with Crippen LogP contribution in [-0.4, -0.2) is 22.6 Å². The number of hydrogen-bond donors (Lipinski definition) is 1. The number of benzene rings is 2. The van der Waals surface area contributed by atoms with Crippen LogP contribution in [0, 0.1) is 0 Å².